The van der Waals surface area contributed by atoms with Crippen LogP contribution in [0.2, 0.25) is 0 Å². The summed E-state index contributed by atoms with van der Waals surface area (Å²) in [6.45, 7) is 7.23. The van der Waals surface area contributed by atoms with E-state index in [4.69, 9.17) is 15.3 Å². The molecule has 1 rings (SSSR count). The largest absolute Gasteiger partial charge is 0.394 e. The number of aryl methyl sites for hydroxylation is 1. The van der Waals surface area contributed by atoms with Crippen LogP contribution >= 0.6 is 0 Å². The lowest BCUT2D eigenvalue weighted by molar-refractivity contribution is -0.117. The van der Waals surface area contributed by atoms with Crippen LogP contribution in [-0.2, 0) is 16.1 Å². The van der Waals surface area contributed by atoms with Crippen LogP contribution in [0.4, 0.5) is 8.78 Å². The molecule has 1 aromatic rings. The molecule has 166 valence electrons. The van der Waals surface area contributed by atoms with Gasteiger partial charge in [-0.2, -0.15) is 4.39 Å². The minimum absolute atomic E-state index is 0.1000. The summed E-state index contributed by atoms with van der Waals surface area (Å²) in [5, 5.41) is 24.4. The number of aliphatic hydroxyl groups excluding tert-OH is 1. The minimum Gasteiger partial charge on any atom is -0.394 e. The third-order valence-corrected chi connectivity index (χ3v) is 4.16. The zero-order valence-electron chi connectivity index (χ0n) is 17.8. The number of amides is 1. The van der Waals surface area contributed by atoms with Crippen molar-refractivity contribution in [2.45, 2.75) is 34.2 Å². The predicted molar refractivity (Wildman–Crippen MR) is 112 cm³/mol. The van der Waals surface area contributed by atoms with Gasteiger partial charge in [-0.15, -0.1) is 0 Å². The number of hydrogen-bond acceptors (Lipinski definition) is 6. The Morgan fingerprint density at radius 2 is 1.90 bits per heavy atom. The van der Waals surface area contributed by atoms with Gasteiger partial charge in [0.1, 0.15) is 17.3 Å². The maximum Gasteiger partial charge on any atom is 0.273 e. The molecule has 0 aromatic heterocycles. The molecule has 0 spiro atoms. The van der Waals surface area contributed by atoms with Crippen LogP contribution in [0, 0.1) is 18.2 Å². The van der Waals surface area contributed by atoms with Gasteiger partial charge < -0.3 is 25.8 Å². The Bertz CT molecular complexity index is 818. The molecule has 0 unspecified atom stereocenters. The third-order valence-electron chi connectivity index (χ3n) is 4.16. The van der Waals surface area contributed by atoms with E-state index in [2.05, 4.69) is 16.0 Å². The van der Waals surface area contributed by atoms with Gasteiger partial charge in [0.2, 0.25) is 5.97 Å². The molecule has 0 heterocycles. The fourth-order valence-electron chi connectivity index (χ4n) is 2.37. The standard InChI is InChI=1S/C21H30F2N4O3/c1-13(2)20(26-12-16-6-5-14(3)17(22)11-16)27-21(29)18(15(4)19(23)24)25-7-9-30-10-8-28/h5-6,11,24-26,28H,7-10,12H2,1-4H3,(H,27,29)/b18-15-,24-19?. The number of carbonyl (C=O) groups is 1. The van der Waals surface area contributed by atoms with Gasteiger partial charge in [0, 0.05) is 18.7 Å². The first-order valence-electron chi connectivity index (χ1n) is 9.52. The lowest BCUT2D eigenvalue weighted by atomic mass is 10.1. The van der Waals surface area contributed by atoms with Gasteiger partial charge in [-0.25, -0.2) is 4.39 Å². The number of ether oxygens (including phenoxy) is 1. The van der Waals surface area contributed by atoms with Crippen molar-refractivity contribution in [2.75, 3.05) is 26.4 Å². The molecule has 7 nitrogen and oxygen atoms in total. The molecule has 0 saturated heterocycles. The van der Waals surface area contributed by atoms with Gasteiger partial charge in [0.05, 0.1) is 19.8 Å². The number of hydrogen-bond donors (Lipinski definition) is 5. The zero-order valence-corrected chi connectivity index (χ0v) is 17.8. The first-order chi connectivity index (χ1) is 14.2. The molecule has 0 saturated carbocycles. The maximum atomic E-state index is 13.7. The number of nitrogens with one attached hydrogen (secondary N) is 4. The van der Waals surface area contributed by atoms with E-state index in [1.54, 1.807) is 32.9 Å². The molecular formula is C21H30F2N4O3. The first-order valence-corrected chi connectivity index (χ1v) is 9.52. The number of aliphatic hydroxyl groups is 1. The van der Waals surface area contributed by atoms with Gasteiger partial charge in [-0.3, -0.25) is 10.2 Å². The fourth-order valence-corrected chi connectivity index (χ4v) is 2.37. The molecule has 0 aliphatic rings. The summed E-state index contributed by atoms with van der Waals surface area (Å²) in [6, 6.07) is 4.87. The van der Waals surface area contributed by atoms with E-state index in [1.165, 1.54) is 13.0 Å². The highest BCUT2D eigenvalue weighted by molar-refractivity contribution is 6.03. The Morgan fingerprint density at radius 1 is 1.20 bits per heavy atom. The van der Waals surface area contributed by atoms with Crippen molar-refractivity contribution in [1.82, 2.24) is 16.0 Å². The van der Waals surface area contributed by atoms with E-state index in [0.29, 0.717) is 16.9 Å². The number of carbonyl (C=O) groups excluding carboxylic acids is 1. The van der Waals surface area contributed by atoms with Gasteiger partial charge in [0.15, 0.2) is 0 Å². The monoisotopic (exact) mass is 424 g/mol. The van der Waals surface area contributed by atoms with Gasteiger partial charge in [-0.1, -0.05) is 12.1 Å². The van der Waals surface area contributed by atoms with Crippen LogP contribution in [0.5, 0.6) is 0 Å². The molecule has 9 heteroatoms. The van der Waals surface area contributed by atoms with Gasteiger partial charge in [-0.05, 0) is 50.5 Å². The van der Waals surface area contributed by atoms with Crippen LogP contribution in [0.3, 0.4) is 0 Å². The van der Waals surface area contributed by atoms with Crippen molar-refractivity contribution in [3.05, 3.63) is 57.8 Å². The summed E-state index contributed by atoms with van der Waals surface area (Å²) in [5.41, 5.74) is 1.75. The van der Waals surface area contributed by atoms with Gasteiger partial charge >= 0.3 is 0 Å². The average Bonchev–Trinajstić information content (AvgIpc) is 2.69. The van der Waals surface area contributed by atoms with E-state index in [1.807, 2.05) is 0 Å². The molecule has 0 atom stereocenters. The maximum absolute atomic E-state index is 13.7. The second kappa shape index (κ2) is 12.7. The SMILES string of the molecule is CC(C)=C(NCc1ccc(C)c(F)c1)NC(=O)/C(NCCOCCO)=C(\C)C(=N)F. The highest BCUT2D eigenvalue weighted by atomic mass is 19.1. The van der Waals surface area contributed by atoms with Crippen LogP contribution < -0.4 is 16.0 Å². The predicted octanol–water partition coefficient (Wildman–Crippen LogP) is 2.41. The van der Waals surface area contributed by atoms with E-state index < -0.39 is 11.9 Å². The molecule has 5 N–H and O–H groups in total. The summed E-state index contributed by atoms with van der Waals surface area (Å²) in [4.78, 5) is 12.7. The van der Waals surface area contributed by atoms with E-state index >= 15 is 0 Å². The highest BCUT2D eigenvalue weighted by Crippen LogP contribution is 2.10. The van der Waals surface area contributed by atoms with Crippen LogP contribution in [0.15, 0.2) is 40.9 Å². The Balaban J connectivity index is 2.86. The van der Waals surface area contributed by atoms with Crippen molar-refractivity contribution in [2.24, 2.45) is 0 Å². The highest BCUT2D eigenvalue weighted by Gasteiger charge is 2.17. The molecule has 0 fully saturated rings. The Morgan fingerprint density at radius 3 is 2.47 bits per heavy atom. The van der Waals surface area contributed by atoms with E-state index in [-0.39, 0.29) is 50.0 Å². The van der Waals surface area contributed by atoms with Crippen molar-refractivity contribution >= 4 is 11.9 Å². The molecule has 0 aliphatic heterocycles. The third kappa shape index (κ3) is 8.30. The van der Waals surface area contributed by atoms with Crippen molar-refractivity contribution in [3.63, 3.8) is 0 Å². The summed E-state index contributed by atoms with van der Waals surface area (Å²) in [5.74, 6) is -1.77. The summed E-state index contributed by atoms with van der Waals surface area (Å²) in [6.07, 6.45) is 0. The Kier molecular flexibility index (Phi) is 10.7. The van der Waals surface area contributed by atoms with Crippen LogP contribution in [0.1, 0.15) is 31.9 Å². The van der Waals surface area contributed by atoms with Crippen molar-refractivity contribution < 1.29 is 23.4 Å². The molecule has 1 aromatic carbocycles. The lowest BCUT2D eigenvalue weighted by Gasteiger charge is -2.18. The molecule has 0 radical (unpaired) electrons. The van der Waals surface area contributed by atoms with E-state index in [0.717, 1.165) is 5.57 Å². The topological polar surface area (TPSA) is 106 Å². The molecule has 30 heavy (non-hydrogen) atoms. The quantitative estimate of drug-likeness (QED) is 0.201. The van der Waals surface area contributed by atoms with Crippen LogP contribution in [-0.4, -0.2) is 43.3 Å². The lowest BCUT2D eigenvalue weighted by Crippen LogP contribution is -2.38. The molecule has 0 bridgehead atoms. The normalized spacial score (nSPS) is 11.4. The number of allylic oxidation sites excluding steroid dienone is 2. The fraction of sp³-hybridized carbons (Fsp3) is 0.429. The minimum atomic E-state index is -1.23. The second-order valence-electron chi connectivity index (χ2n) is 6.84. The average molecular weight is 424 g/mol. The number of benzene rings is 1. The Hall–Kier alpha value is -2.78. The first kappa shape index (κ1) is 25.3. The molecule has 1 amide bonds. The number of halogens is 2. The Labute approximate surface area is 175 Å². The van der Waals surface area contributed by atoms with Crippen LogP contribution in [0.25, 0.3) is 0 Å². The second-order valence-corrected chi connectivity index (χ2v) is 6.84. The summed E-state index contributed by atoms with van der Waals surface area (Å²) >= 11 is 0. The zero-order chi connectivity index (χ0) is 22.7. The van der Waals surface area contributed by atoms with Crippen molar-refractivity contribution in [3.8, 4) is 0 Å². The van der Waals surface area contributed by atoms with E-state index in [9.17, 15) is 13.6 Å². The summed E-state index contributed by atoms with van der Waals surface area (Å²) < 4.78 is 32.3. The molecular weight excluding hydrogens is 394 g/mol. The number of rotatable bonds is 12. The smallest absolute Gasteiger partial charge is 0.273 e. The summed E-state index contributed by atoms with van der Waals surface area (Å²) in [7, 11) is 0. The van der Waals surface area contributed by atoms with Crippen molar-refractivity contribution in [1.29, 1.82) is 5.41 Å². The van der Waals surface area contributed by atoms with Gasteiger partial charge in [0.25, 0.3) is 5.91 Å². The molecule has 0 aliphatic carbocycles.